The smallest absolute Gasteiger partial charge is 0.320 e. The average molecular weight is 519 g/mol. The number of carbonyl (C=O) groups excluding carboxylic acids is 1. The summed E-state index contributed by atoms with van der Waals surface area (Å²) >= 11 is 0. The van der Waals surface area contributed by atoms with E-state index in [1.807, 2.05) is 51.1 Å². The van der Waals surface area contributed by atoms with Gasteiger partial charge in [0, 0.05) is 23.5 Å². The number of hydrogen-bond donors (Lipinski definition) is 3. The second-order valence-corrected chi connectivity index (χ2v) is 10.2. The van der Waals surface area contributed by atoms with Crippen LogP contribution in [0.4, 0.5) is 19.4 Å². The van der Waals surface area contributed by atoms with Crippen LogP contribution >= 0.6 is 0 Å². The summed E-state index contributed by atoms with van der Waals surface area (Å²) in [5, 5.41) is 21.2. The standard InChI is InChI=1S/C28H28F2N6O2/c1-15-24(17-13-31-16(2)32-14-17)35-36(18-8-6-5-7-9-18)26(15)34-27(38)33-25-19-10-21(29)22(30)11-20(19)28(3,4)12-23(25)37/h5-11,13-14,23,25,37H,12H2,1-4H3,(H2,33,34,38). The number of nitrogens with one attached hydrogen (secondary N) is 2. The van der Waals surface area contributed by atoms with Crippen molar-refractivity contribution in [1.29, 1.82) is 0 Å². The topological polar surface area (TPSA) is 105 Å². The summed E-state index contributed by atoms with van der Waals surface area (Å²) in [5.41, 5.74) is 2.94. The molecule has 0 fully saturated rings. The zero-order valence-electron chi connectivity index (χ0n) is 21.5. The zero-order valence-corrected chi connectivity index (χ0v) is 21.5. The lowest BCUT2D eigenvalue weighted by molar-refractivity contribution is 0.0878. The molecule has 2 atom stereocenters. The van der Waals surface area contributed by atoms with Gasteiger partial charge in [-0.15, -0.1) is 0 Å². The van der Waals surface area contributed by atoms with Crippen LogP contribution in [0.25, 0.3) is 16.9 Å². The van der Waals surface area contributed by atoms with E-state index in [-0.39, 0.29) is 6.42 Å². The van der Waals surface area contributed by atoms with Crippen LogP contribution < -0.4 is 10.6 Å². The number of anilines is 1. The molecule has 1 aliphatic rings. The molecule has 0 spiro atoms. The van der Waals surface area contributed by atoms with E-state index in [1.165, 1.54) is 0 Å². The number of carbonyl (C=O) groups is 1. The average Bonchev–Trinajstić information content (AvgIpc) is 3.19. The van der Waals surface area contributed by atoms with Gasteiger partial charge in [0.2, 0.25) is 0 Å². The summed E-state index contributed by atoms with van der Waals surface area (Å²) in [6.07, 6.45) is 2.59. The predicted molar refractivity (Wildman–Crippen MR) is 139 cm³/mol. The van der Waals surface area contributed by atoms with E-state index in [0.717, 1.165) is 12.1 Å². The van der Waals surface area contributed by atoms with E-state index >= 15 is 0 Å². The Morgan fingerprint density at radius 3 is 2.42 bits per heavy atom. The predicted octanol–water partition coefficient (Wildman–Crippen LogP) is 5.13. The second-order valence-electron chi connectivity index (χ2n) is 10.2. The summed E-state index contributed by atoms with van der Waals surface area (Å²) in [4.78, 5) is 21.8. The highest BCUT2D eigenvalue weighted by atomic mass is 19.2. The molecule has 0 aliphatic heterocycles. The van der Waals surface area contributed by atoms with Crippen LogP contribution in [-0.2, 0) is 5.41 Å². The summed E-state index contributed by atoms with van der Waals surface area (Å²) in [5.74, 6) is -0.979. The van der Waals surface area contributed by atoms with Gasteiger partial charge in [-0.1, -0.05) is 32.0 Å². The van der Waals surface area contributed by atoms with Crippen molar-refractivity contribution in [2.75, 3.05) is 5.32 Å². The number of fused-ring (bicyclic) bond motifs is 1. The SMILES string of the molecule is Cc1ncc(-c2nn(-c3ccccc3)c(NC(=O)NC3c4cc(F)c(F)cc4C(C)(C)CC3O)c2C)cn1. The number of aromatic nitrogens is 4. The normalized spacial score (nSPS) is 18.1. The molecule has 10 heteroatoms. The highest BCUT2D eigenvalue weighted by Gasteiger charge is 2.40. The van der Waals surface area contributed by atoms with Crippen LogP contribution in [0.2, 0.25) is 0 Å². The molecular formula is C28H28F2N6O2. The fourth-order valence-electron chi connectivity index (χ4n) is 5.01. The first kappa shape index (κ1) is 25.5. The molecule has 2 aromatic heterocycles. The van der Waals surface area contributed by atoms with Crippen molar-refractivity contribution in [1.82, 2.24) is 25.1 Å². The van der Waals surface area contributed by atoms with Crippen molar-refractivity contribution in [2.45, 2.75) is 51.7 Å². The largest absolute Gasteiger partial charge is 0.391 e. The van der Waals surface area contributed by atoms with E-state index in [1.54, 1.807) is 24.0 Å². The quantitative estimate of drug-likeness (QED) is 0.348. The molecule has 2 heterocycles. The number of amides is 2. The minimum atomic E-state index is -1.04. The van der Waals surface area contributed by atoms with Crippen molar-refractivity contribution in [3.8, 4) is 16.9 Å². The third-order valence-corrected chi connectivity index (χ3v) is 6.96. The number of aryl methyl sites for hydroxylation is 1. The van der Waals surface area contributed by atoms with Gasteiger partial charge >= 0.3 is 6.03 Å². The van der Waals surface area contributed by atoms with Gasteiger partial charge in [-0.2, -0.15) is 5.10 Å². The maximum Gasteiger partial charge on any atom is 0.320 e. The molecule has 2 unspecified atom stereocenters. The Morgan fingerprint density at radius 1 is 1.08 bits per heavy atom. The Hall–Kier alpha value is -4.18. The third-order valence-electron chi connectivity index (χ3n) is 6.96. The van der Waals surface area contributed by atoms with Gasteiger partial charge in [0.15, 0.2) is 11.6 Å². The molecule has 3 N–H and O–H groups in total. The van der Waals surface area contributed by atoms with Gasteiger partial charge in [0.25, 0.3) is 0 Å². The van der Waals surface area contributed by atoms with E-state index in [0.29, 0.717) is 45.3 Å². The van der Waals surface area contributed by atoms with Gasteiger partial charge in [0.05, 0.1) is 17.8 Å². The Bertz CT molecular complexity index is 1500. The van der Waals surface area contributed by atoms with Crippen LogP contribution in [0, 0.1) is 25.5 Å². The molecule has 1 aliphatic carbocycles. The van der Waals surface area contributed by atoms with Crippen LogP contribution in [0.5, 0.6) is 0 Å². The van der Waals surface area contributed by atoms with Crippen LogP contribution in [0.3, 0.4) is 0 Å². The lowest BCUT2D eigenvalue weighted by Crippen LogP contribution is -2.45. The second kappa shape index (κ2) is 9.60. The Balaban J connectivity index is 1.50. The molecular weight excluding hydrogens is 490 g/mol. The maximum atomic E-state index is 14.2. The van der Waals surface area contributed by atoms with Crippen molar-refractivity contribution in [3.05, 3.63) is 89.0 Å². The lowest BCUT2D eigenvalue weighted by Gasteiger charge is -2.40. The van der Waals surface area contributed by atoms with Crippen molar-refractivity contribution >= 4 is 11.8 Å². The molecule has 2 aromatic carbocycles. The van der Waals surface area contributed by atoms with Gasteiger partial charge < -0.3 is 10.4 Å². The molecule has 196 valence electrons. The van der Waals surface area contributed by atoms with E-state index in [4.69, 9.17) is 5.10 Å². The van der Waals surface area contributed by atoms with E-state index in [2.05, 4.69) is 20.6 Å². The van der Waals surface area contributed by atoms with E-state index in [9.17, 15) is 18.7 Å². The minimum absolute atomic E-state index is 0.258. The molecule has 4 aromatic rings. The minimum Gasteiger partial charge on any atom is -0.391 e. The Morgan fingerprint density at radius 2 is 1.74 bits per heavy atom. The maximum absolute atomic E-state index is 14.2. The number of benzene rings is 2. The van der Waals surface area contributed by atoms with Crippen LogP contribution in [-0.4, -0.2) is 37.0 Å². The van der Waals surface area contributed by atoms with Gasteiger partial charge in [-0.05, 0) is 61.1 Å². The van der Waals surface area contributed by atoms with Crippen molar-refractivity contribution < 1.29 is 18.7 Å². The summed E-state index contributed by atoms with van der Waals surface area (Å²) in [6, 6.07) is 9.92. The highest BCUT2D eigenvalue weighted by Crippen LogP contribution is 2.42. The molecule has 8 nitrogen and oxygen atoms in total. The molecule has 38 heavy (non-hydrogen) atoms. The van der Waals surface area contributed by atoms with Crippen molar-refractivity contribution in [2.24, 2.45) is 0 Å². The lowest BCUT2D eigenvalue weighted by atomic mass is 9.69. The molecule has 0 radical (unpaired) electrons. The summed E-state index contributed by atoms with van der Waals surface area (Å²) in [6.45, 7) is 7.31. The van der Waals surface area contributed by atoms with Gasteiger partial charge in [0.1, 0.15) is 17.3 Å². The number of aliphatic hydroxyl groups is 1. The number of halogens is 2. The number of para-hydroxylation sites is 1. The zero-order chi connectivity index (χ0) is 27.2. The first-order chi connectivity index (χ1) is 18.0. The molecule has 0 saturated carbocycles. The molecule has 0 saturated heterocycles. The number of aliphatic hydroxyl groups excluding tert-OH is 1. The van der Waals surface area contributed by atoms with E-state index < -0.39 is 35.2 Å². The summed E-state index contributed by atoms with van der Waals surface area (Å²) in [7, 11) is 0. The number of hydrogen-bond acceptors (Lipinski definition) is 5. The first-order valence-electron chi connectivity index (χ1n) is 12.2. The van der Waals surface area contributed by atoms with Crippen LogP contribution in [0.1, 0.15) is 48.8 Å². The summed E-state index contributed by atoms with van der Waals surface area (Å²) < 4.78 is 29.9. The Labute approximate surface area is 218 Å². The first-order valence-corrected chi connectivity index (χ1v) is 12.2. The fourth-order valence-corrected chi connectivity index (χ4v) is 5.01. The highest BCUT2D eigenvalue weighted by molar-refractivity contribution is 5.91. The number of rotatable bonds is 4. The number of nitrogens with zero attached hydrogens (tertiary/aromatic N) is 4. The molecule has 0 bridgehead atoms. The number of urea groups is 1. The van der Waals surface area contributed by atoms with Gasteiger partial charge in [-0.25, -0.2) is 28.2 Å². The monoisotopic (exact) mass is 518 g/mol. The van der Waals surface area contributed by atoms with Crippen molar-refractivity contribution in [3.63, 3.8) is 0 Å². The molecule has 2 amide bonds. The third kappa shape index (κ3) is 4.63. The fraction of sp³-hybridized carbons (Fsp3) is 0.286. The molecule has 5 rings (SSSR count). The Kier molecular flexibility index (Phi) is 6.44. The van der Waals surface area contributed by atoms with Gasteiger partial charge in [-0.3, -0.25) is 5.32 Å². The van der Waals surface area contributed by atoms with Crippen LogP contribution in [0.15, 0.2) is 54.9 Å².